The van der Waals surface area contributed by atoms with E-state index in [1.807, 2.05) is 31.1 Å². The van der Waals surface area contributed by atoms with Gasteiger partial charge in [-0.2, -0.15) is 0 Å². The largest absolute Gasteiger partial charge is 0.299 e. The Balaban J connectivity index is 2.02. The number of carbonyl (C=O) groups is 1. The van der Waals surface area contributed by atoms with E-state index in [0.717, 1.165) is 23.4 Å². The van der Waals surface area contributed by atoms with E-state index in [9.17, 15) is 4.79 Å². The minimum absolute atomic E-state index is 0.126. The summed E-state index contributed by atoms with van der Waals surface area (Å²) in [7, 11) is 3.74. The van der Waals surface area contributed by atoms with Crippen molar-refractivity contribution >= 4 is 22.4 Å². The van der Waals surface area contributed by atoms with Crippen LogP contribution >= 0.6 is 11.3 Å². The number of hydrogen-bond acceptors (Lipinski definition) is 6. The molecule has 2 heterocycles. The number of hydrogen-bond donors (Lipinski definition) is 1. The van der Waals surface area contributed by atoms with Crippen molar-refractivity contribution in [3.63, 3.8) is 0 Å². The van der Waals surface area contributed by atoms with E-state index in [1.165, 1.54) is 24.2 Å². The zero-order valence-corrected chi connectivity index (χ0v) is 14.6. The summed E-state index contributed by atoms with van der Waals surface area (Å²) in [5.41, 5.74) is 0.850. The number of amides is 1. The number of nitrogens with zero attached hydrogens (tertiary/aromatic N) is 4. The molecule has 0 bridgehead atoms. The maximum atomic E-state index is 12.6. The smallest absolute Gasteiger partial charge is 0.248 e. The Kier molecular flexibility index (Phi) is 6.61. The Labute approximate surface area is 141 Å². The predicted molar refractivity (Wildman–Crippen MR) is 92.4 cm³/mol. The van der Waals surface area contributed by atoms with Crippen LogP contribution in [0.5, 0.6) is 0 Å². The SMILES string of the molecule is CCCCCc1nnc(NC(=O)[C@@H](c2cccnc2)N(C)C)s1. The maximum Gasteiger partial charge on any atom is 0.248 e. The third-order valence-corrected chi connectivity index (χ3v) is 4.35. The number of anilines is 1. The lowest BCUT2D eigenvalue weighted by Gasteiger charge is -2.22. The van der Waals surface area contributed by atoms with Crippen LogP contribution in [0.2, 0.25) is 0 Å². The first-order valence-electron chi connectivity index (χ1n) is 7.81. The summed E-state index contributed by atoms with van der Waals surface area (Å²) in [6.45, 7) is 2.17. The highest BCUT2D eigenvalue weighted by atomic mass is 32.1. The van der Waals surface area contributed by atoms with Gasteiger partial charge in [0.05, 0.1) is 0 Å². The van der Waals surface area contributed by atoms with Gasteiger partial charge in [-0.15, -0.1) is 10.2 Å². The van der Waals surface area contributed by atoms with Gasteiger partial charge in [-0.25, -0.2) is 0 Å². The second-order valence-electron chi connectivity index (χ2n) is 5.60. The van der Waals surface area contributed by atoms with Gasteiger partial charge < -0.3 is 0 Å². The third-order valence-electron chi connectivity index (χ3n) is 3.46. The summed E-state index contributed by atoms with van der Waals surface area (Å²) in [6, 6.07) is 3.32. The van der Waals surface area contributed by atoms with E-state index in [4.69, 9.17) is 0 Å². The van der Waals surface area contributed by atoms with Gasteiger partial charge in [0.2, 0.25) is 11.0 Å². The van der Waals surface area contributed by atoms with E-state index in [2.05, 4.69) is 27.4 Å². The highest BCUT2D eigenvalue weighted by Crippen LogP contribution is 2.22. The molecule has 0 aromatic carbocycles. The van der Waals surface area contributed by atoms with Gasteiger partial charge >= 0.3 is 0 Å². The van der Waals surface area contributed by atoms with Crippen LogP contribution < -0.4 is 5.32 Å². The molecular weight excluding hydrogens is 310 g/mol. The highest BCUT2D eigenvalue weighted by molar-refractivity contribution is 7.15. The van der Waals surface area contributed by atoms with Crippen molar-refractivity contribution in [3.8, 4) is 0 Å². The number of pyridine rings is 1. The molecule has 1 N–H and O–H groups in total. The number of carbonyl (C=O) groups excluding carboxylic acids is 1. The molecule has 6 nitrogen and oxygen atoms in total. The molecule has 124 valence electrons. The van der Waals surface area contributed by atoms with Gasteiger partial charge in [0.15, 0.2) is 0 Å². The zero-order valence-electron chi connectivity index (χ0n) is 13.8. The molecule has 1 amide bonds. The van der Waals surface area contributed by atoms with Crippen molar-refractivity contribution < 1.29 is 4.79 Å². The molecule has 0 spiro atoms. The summed E-state index contributed by atoms with van der Waals surface area (Å²) >= 11 is 1.45. The lowest BCUT2D eigenvalue weighted by Crippen LogP contribution is -2.32. The predicted octanol–water partition coefficient (Wildman–Crippen LogP) is 2.91. The maximum absolute atomic E-state index is 12.6. The molecule has 1 atom stereocenters. The molecule has 23 heavy (non-hydrogen) atoms. The van der Waals surface area contributed by atoms with Crippen molar-refractivity contribution in [1.29, 1.82) is 0 Å². The molecule has 0 fully saturated rings. The number of likely N-dealkylation sites (N-methyl/N-ethyl adjacent to an activating group) is 1. The molecule has 0 aliphatic carbocycles. The average molecular weight is 333 g/mol. The molecule has 7 heteroatoms. The van der Waals surface area contributed by atoms with Crippen LogP contribution in [0.3, 0.4) is 0 Å². The first-order chi connectivity index (χ1) is 11.1. The molecule has 0 radical (unpaired) electrons. The minimum atomic E-state index is -0.406. The average Bonchev–Trinajstić information content (AvgIpc) is 2.96. The number of aryl methyl sites for hydroxylation is 1. The van der Waals surface area contributed by atoms with E-state index in [-0.39, 0.29) is 5.91 Å². The van der Waals surface area contributed by atoms with Gasteiger partial charge in [0, 0.05) is 18.8 Å². The summed E-state index contributed by atoms with van der Waals surface area (Å²) in [5.74, 6) is -0.126. The number of rotatable bonds is 8. The fraction of sp³-hybridized carbons (Fsp3) is 0.500. The monoisotopic (exact) mass is 333 g/mol. The number of unbranched alkanes of at least 4 members (excludes halogenated alkanes) is 2. The fourth-order valence-electron chi connectivity index (χ4n) is 2.33. The van der Waals surface area contributed by atoms with Crippen LogP contribution in [0.4, 0.5) is 5.13 Å². The zero-order chi connectivity index (χ0) is 16.7. The van der Waals surface area contributed by atoms with E-state index in [1.54, 1.807) is 12.4 Å². The third kappa shape index (κ3) is 5.07. The van der Waals surface area contributed by atoms with Crippen LogP contribution in [0, 0.1) is 0 Å². The van der Waals surface area contributed by atoms with Crippen molar-refractivity contribution in [2.45, 2.75) is 38.6 Å². The van der Waals surface area contributed by atoms with E-state index < -0.39 is 6.04 Å². The van der Waals surface area contributed by atoms with Gasteiger partial charge in [-0.1, -0.05) is 37.2 Å². The van der Waals surface area contributed by atoms with E-state index >= 15 is 0 Å². The normalized spacial score (nSPS) is 12.3. The van der Waals surface area contributed by atoms with Crippen LogP contribution in [0.1, 0.15) is 42.8 Å². The Hall–Kier alpha value is -1.86. The molecule has 0 saturated carbocycles. The highest BCUT2D eigenvalue weighted by Gasteiger charge is 2.24. The summed E-state index contributed by atoms with van der Waals surface area (Å²) in [4.78, 5) is 18.5. The lowest BCUT2D eigenvalue weighted by molar-refractivity contribution is -0.120. The lowest BCUT2D eigenvalue weighted by atomic mass is 10.1. The molecular formula is C16H23N5OS. The Morgan fingerprint density at radius 1 is 1.35 bits per heavy atom. The Morgan fingerprint density at radius 3 is 2.83 bits per heavy atom. The van der Waals surface area contributed by atoms with Crippen molar-refractivity contribution in [2.75, 3.05) is 19.4 Å². The minimum Gasteiger partial charge on any atom is -0.299 e. The number of aromatic nitrogens is 3. The van der Waals surface area contributed by atoms with Crippen molar-refractivity contribution in [1.82, 2.24) is 20.1 Å². The van der Waals surface area contributed by atoms with Gasteiger partial charge in [-0.05, 0) is 32.1 Å². The van der Waals surface area contributed by atoms with Crippen LogP contribution in [0.25, 0.3) is 0 Å². The first kappa shape index (κ1) is 17.5. The van der Waals surface area contributed by atoms with Crippen molar-refractivity contribution in [3.05, 3.63) is 35.1 Å². The van der Waals surface area contributed by atoms with Gasteiger partial charge in [0.25, 0.3) is 0 Å². The van der Waals surface area contributed by atoms with Crippen LogP contribution in [-0.4, -0.2) is 40.1 Å². The summed E-state index contributed by atoms with van der Waals surface area (Å²) < 4.78 is 0. The molecule has 0 unspecified atom stereocenters. The summed E-state index contributed by atoms with van der Waals surface area (Å²) in [5, 5.41) is 12.6. The second-order valence-corrected chi connectivity index (χ2v) is 6.66. The quantitative estimate of drug-likeness (QED) is 0.752. The first-order valence-corrected chi connectivity index (χ1v) is 8.63. The molecule has 2 rings (SSSR count). The van der Waals surface area contributed by atoms with Gasteiger partial charge in [0.1, 0.15) is 11.0 Å². The number of nitrogens with one attached hydrogen (secondary N) is 1. The second kappa shape index (κ2) is 8.69. The fourth-order valence-corrected chi connectivity index (χ4v) is 3.11. The Bertz CT molecular complexity index is 614. The molecule has 0 aliphatic rings. The van der Waals surface area contributed by atoms with Crippen LogP contribution in [0.15, 0.2) is 24.5 Å². The molecule has 0 aliphatic heterocycles. The topological polar surface area (TPSA) is 71.0 Å². The Morgan fingerprint density at radius 2 is 2.17 bits per heavy atom. The summed E-state index contributed by atoms with van der Waals surface area (Å²) in [6.07, 6.45) is 7.79. The van der Waals surface area contributed by atoms with Crippen molar-refractivity contribution in [2.24, 2.45) is 0 Å². The standard InChI is InChI=1S/C16H23N5OS/c1-4-5-6-9-13-19-20-16(23-13)18-15(22)14(21(2)3)12-8-7-10-17-11-12/h7-8,10-11,14H,4-6,9H2,1-3H3,(H,18,20,22)/t14-/m1/s1. The molecule has 0 saturated heterocycles. The van der Waals surface area contributed by atoms with Gasteiger partial charge in [-0.3, -0.25) is 20.0 Å². The molecule has 2 aromatic heterocycles. The van der Waals surface area contributed by atoms with E-state index in [0.29, 0.717) is 5.13 Å². The van der Waals surface area contributed by atoms with Crippen LogP contribution in [-0.2, 0) is 11.2 Å². The molecule has 2 aromatic rings.